The number of hydrogen-bond acceptors (Lipinski definition) is 5. The molecule has 5 aromatic rings. The molecule has 0 aliphatic carbocycles. The summed E-state index contributed by atoms with van der Waals surface area (Å²) in [5.41, 5.74) is 2.08. The van der Waals surface area contributed by atoms with Crippen molar-refractivity contribution in [3.63, 3.8) is 0 Å². The zero-order valence-electron chi connectivity index (χ0n) is 19.8. The van der Waals surface area contributed by atoms with Crippen molar-refractivity contribution in [3.05, 3.63) is 124 Å². The number of benzene rings is 4. The van der Waals surface area contributed by atoms with E-state index >= 15 is 0 Å². The van der Waals surface area contributed by atoms with E-state index in [0.717, 1.165) is 5.56 Å². The van der Waals surface area contributed by atoms with Gasteiger partial charge in [-0.25, -0.2) is 9.37 Å². The summed E-state index contributed by atoms with van der Waals surface area (Å²) in [5.74, 6) is -0.112. The normalized spacial score (nSPS) is 11.1. The van der Waals surface area contributed by atoms with Crippen molar-refractivity contribution < 1.29 is 13.9 Å². The van der Waals surface area contributed by atoms with E-state index in [2.05, 4.69) is 15.4 Å². The first-order chi connectivity index (χ1) is 18.5. The number of carbonyl (C=O) groups excluding carboxylic acids is 1. The minimum atomic E-state index is -0.421. The maximum Gasteiger partial charge on any atom is 0.282 e. The SMILES string of the molecule is O=C(COc1ccc(C=Nn2c(-c3ccccc3)nc3ccccc3c2=O)cc1Cl)Nc1ccc(F)cc1. The van der Waals surface area contributed by atoms with Crippen LogP contribution in [0.1, 0.15) is 5.56 Å². The Labute approximate surface area is 221 Å². The highest BCUT2D eigenvalue weighted by molar-refractivity contribution is 6.32. The van der Waals surface area contributed by atoms with Crippen molar-refractivity contribution in [2.75, 3.05) is 11.9 Å². The summed E-state index contributed by atoms with van der Waals surface area (Å²) in [4.78, 5) is 30.1. The Balaban J connectivity index is 1.36. The smallest absolute Gasteiger partial charge is 0.282 e. The van der Waals surface area contributed by atoms with E-state index in [0.29, 0.717) is 33.7 Å². The Kier molecular flexibility index (Phi) is 7.24. The Bertz CT molecular complexity index is 1700. The number of para-hydroxylation sites is 1. The van der Waals surface area contributed by atoms with Crippen molar-refractivity contribution in [3.8, 4) is 17.1 Å². The minimum absolute atomic E-state index is 0.260. The fourth-order valence-corrected chi connectivity index (χ4v) is 3.96. The highest BCUT2D eigenvalue weighted by Gasteiger charge is 2.12. The summed E-state index contributed by atoms with van der Waals surface area (Å²) in [6.45, 7) is -0.289. The molecule has 0 unspecified atom stereocenters. The number of nitrogens with one attached hydrogen (secondary N) is 1. The highest BCUT2D eigenvalue weighted by atomic mass is 35.5. The number of rotatable bonds is 7. The van der Waals surface area contributed by atoms with Gasteiger partial charge in [0.2, 0.25) is 0 Å². The van der Waals surface area contributed by atoms with Crippen LogP contribution < -0.4 is 15.6 Å². The van der Waals surface area contributed by atoms with E-state index in [1.807, 2.05) is 36.4 Å². The zero-order chi connectivity index (χ0) is 26.5. The summed E-state index contributed by atoms with van der Waals surface area (Å²) in [7, 11) is 0. The molecule has 9 heteroatoms. The van der Waals surface area contributed by atoms with Crippen LogP contribution in [0, 0.1) is 5.82 Å². The Morgan fingerprint density at radius 1 is 1.00 bits per heavy atom. The van der Waals surface area contributed by atoms with E-state index < -0.39 is 11.7 Å². The van der Waals surface area contributed by atoms with Gasteiger partial charge in [0.25, 0.3) is 11.5 Å². The molecule has 4 aromatic carbocycles. The lowest BCUT2D eigenvalue weighted by Crippen LogP contribution is -2.20. The summed E-state index contributed by atoms with van der Waals surface area (Å²) in [6.07, 6.45) is 1.50. The molecule has 188 valence electrons. The third-order valence-corrected chi connectivity index (χ3v) is 5.85. The van der Waals surface area contributed by atoms with E-state index in [-0.39, 0.29) is 17.2 Å². The predicted molar refractivity (Wildman–Crippen MR) is 146 cm³/mol. The second-order valence-corrected chi connectivity index (χ2v) is 8.62. The molecule has 38 heavy (non-hydrogen) atoms. The number of nitrogens with zero attached hydrogens (tertiary/aromatic N) is 3. The number of anilines is 1. The first-order valence-electron chi connectivity index (χ1n) is 11.6. The number of fused-ring (bicyclic) bond motifs is 1. The van der Waals surface area contributed by atoms with Crippen LogP contribution in [-0.2, 0) is 4.79 Å². The molecule has 1 amide bonds. The minimum Gasteiger partial charge on any atom is -0.482 e. The third-order valence-electron chi connectivity index (χ3n) is 5.55. The standard InChI is InChI=1S/C29H20ClFN4O3/c30-24-16-19(10-15-26(24)38-18-27(36)33-22-13-11-21(31)12-14-22)17-32-35-28(20-6-2-1-3-7-20)34-25-9-5-4-8-23(25)29(35)37/h1-17H,18H2,(H,33,36). The maximum absolute atomic E-state index is 13.3. The molecule has 1 heterocycles. The fraction of sp³-hybridized carbons (Fsp3) is 0.0345. The maximum atomic E-state index is 13.3. The summed E-state index contributed by atoms with van der Waals surface area (Å²) in [5, 5.41) is 7.75. The molecule has 0 bridgehead atoms. The van der Waals surface area contributed by atoms with Gasteiger partial charge >= 0.3 is 0 Å². The lowest BCUT2D eigenvalue weighted by atomic mass is 10.2. The van der Waals surface area contributed by atoms with Gasteiger partial charge in [-0.1, -0.05) is 54.1 Å². The molecule has 7 nitrogen and oxygen atoms in total. The number of aromatic nitrogens is 2. The van der Waals surface area contributed by atoms with E-state index in [9.17, 15) is 14.0 Å². The molecule has 0 fully saturated rings. The lowest BCUT2D eigenvalue weighted by molar-refractivity contribution is -0.118. The van der Waals surface area contributed by atoms with Crippen molar-refractivity contribution in [1.82, 2.24) is 9.66 Å². The van der Waals surface area contributed by atoms with Crippen LogP contribution in [0.4, 0.5) is 10.1 Å². The Morgan fingerprint density at radius 2 is 1.74 bits per heavy atom. The highest BCUT2D eigenvalue weighted by Crippen LogP contribution is 2.25. The molecular weight excluding hydrogens is 507 g/mol. The van der Waals surface area contributed by atoms with E-state index in [1.54, 1.807) is 36.4 Å². The molecule has 5 rings (SSSR count). The molecule has 0 saturated heterocycles. The van der Waals surface area contributed by atoms with Crippen molar-refractivity contribution in [2.24, 2.45) is 5.10 Å². The summed E-state index contributed by atoms with van der Waals surface area (Å²) < 4.78 is 19.8. The quantitative estimate of drug-likeness (QED) is 0.273. The van der Waals surface area contributed by atoms with Gasteiger partial charge in [-0.05, 0) is 60.2 Å². The number of hydrogen-bond donors (Lipinski definition) is 1. The molecule has 1 aromatic heterocycles. The third kappa shape index (κ3) is 5.61. The number of amides is 1. The predicted octanol–water partition coefficient (Wildman–Crippen LogP) is 5.76. The summed E-state index contributed by atoms with van der Waals surface area (Å²) in [6, 6.07) is 26.7. The molecule has 1 N–H and O–H groups in total. The van der Waals surface area contributed by atoms with Crippen LogP contribution in [0.2, 0.25) is 5.02 Å². The molecule has 0 aliphatic rings. The van der Waals surface area contributed by atoms with Crippen LogP contribution in [0.15, 0.2) is 107 Å². The van der Waals surface area contributed by atoms with E-state index in [4.69, 9.17) is 16.3 Å². The molecule has 0 atom stereocenters. The topological polar surface area (TPSA) is 85.6 Å². The zero-order valence-corrected chi connectivity index (χ0v) is 20.6. The monoisotopic (exact) mass is 526 g/mol. The second kappa shape index (κ2) is 11.1. The van der Waals surface area contributed by atoms with E-state index in [1.165, 1.54) is 35.2 Å². The van der Waals surface area contributed by atoms with Gasteiger partial charge in [0.15, 0.2) is 12.4 Å². The molecular formula is C29H20ClFN4O3. The first kappa shape index (κ1) is 24.9. The van der Waals surface area contributed by atoms with Crippen LogP contribution in [0.5, 0.6) is 5.75 Å². The van der Waals surface area contributed by atoms with Crippen molar-refractivity contribution in [1.29, 1.82) is 0 Å². The van der Waals surface area contributed by atoms with Gasteiger partial charge < -0.3 is 10.1 Å². The Hall–Kier alpha value is -4.82. The van der Waals surface area contributed by atoms with Crippen LogP contribution in [0.25, 0.3) is 22.3 Å². The molecule has 0 radical (unpaired) electrons. The van der Waals surface area contributed by atoms with Crippen LogP contribution >= 0.6 is 11.6 Å². The number of halogens is 2. The van der Waals surface area contributed by atoms with Gasteiger partial charge in [0.05, 0.1) is 22.1 Å². The second-order valence-electron chi connectivity index (χ2n) is 8.21. The van der Waals surface area contributed by atoms with Crippen molar-refractivity contribution >= 4 is 40.3 Å². The Morgan fingerprint density at radius 3 is 2.50 bits per heavy atom. The first-order valence-corrected chi connectivity index (χ1v) is 11.9. The average Bonchev–Trinajstić information content (AvgIpc) is 2.94. The van der Waals surface area contributed by atoms with Gasteiger partial charge in [0.1, 0.15) is 11.6 Å². The van der Waals surface area contributed by atoms with Crippen LogP contribution in [0.3, 0.4) is 0 Å². The lowest BCUT2D eigenvalue weighted by Gasteiger charge is -2.10. The number of carbonyl (C=O) groups is 1. The molecule has 0 spiro atoms. The van der Waals surface area contributed by atoms with Crippen molar-refractivity contribution in [2.45, 2.75) is 0 Å². The van der Waals surface area contributed by atoms with Gasteiger partial charge in [0, 0.05) is 11.3 Å². The largest absolute Gasteiger partial charge is 0.482 e. The summed E-state index contributed by atoms with van der Waals surface area (Å²) >= 11 is 6.37. The molecule has 0 saturated carbocycles. The van der Waals surface area contributed by atoms with Gasteiger partial charge in [-0.2, -0.15) is 9.78 Å². The van der Waals surface area contributed by atoms with Gasteiger partial charge in [-0.15, -0.1) is 0 Å². The average molecular weight is 527 g/mol. The van der Waals surface area contributed by atoms with Crippen LogP contribution in [-0.4, -0.2) is 28.4 Å². The van der Waals surface area contributed by atoms with Gasteiger partial charge in [-0.3, -0.25) is 9.59 Å². The fourth-order valence-electron chi connectivity index (χ4n) is 3.72. The molecule has 0 aliphatic heterocycles. The number of ether oxygens (including phenoxy) is 1.